The van der Waals surface area contributed by atoms with E-state index in [9.17, 15) is 0 Å². The second-order valence-corrected chi connectivity index (χ2v) is 6.83. The Morgan fingerprint density at radius 2 is 1.96 bits per heavy atom. The Labute approximate surface area is 148 Å². The molecule has 1 fully saturated rings. The summed E-state index contributed by atoms with van der Waals surface area (Å²) in [5.74, 6) is 1.07. The van der Waals surface area contributed by atoms with E-state index in [1.165, 1.54) is 5.56 Å². The largest absolute Gasteiger partial charge is 0.381 e. The summed E-state index contributed by atoms with van der Waals surface area (Å²) in [6.45, 7) is 2.15. The molecule has 0 saturated carbocycles. The molecule has 126 valence electrons. The summed E-state index contributed by atoms with van der Waals surface area (Å²) in [6.07, 6.45) is 2.99. The van der Waals surface area contributed by atoms with E-state index in [2.05, 4.69) is 35.7 Å². The lowest BCUT2D eigenvalue weighted by molar-refractivity contribution is 0.0448. The van der Waals surface area contributed by atoms with Crippen LogP contribution in [0.25, 0.3) is 0 Å². The molecular weight excluding hydrogens is 310 g/mol. The maximum Gasteiger partial charge on any atom is 0.108 e. The molecule has 4 nitrogen and oxygen atoms in total. The topological polar surface area (TPSA) is 57.4 Å². The van der Waals surface area contributed by atoms with Crippen LogP contribution in [-0.4, -0.2) is 19.0 Å². The van der Waals surface area contributed by atoms with E-state index in [0.717, 1.165) is 49.6 Å². The van der Waals surface area contributed by atoms with Gasteiger partial charge in [-0.05, 0) is 48.6 Å². The van der Waals surface area contributed by atoms with Gasteiger partial charge in [-0.2, -0.15) is 5.26 Å². The highest BCUT2D eigenvalue weighted by atomic mass is 16.5. The molecule has 1 N–H and O–H groups in total. The first-order chi connectivity index (χ1) is 12.3. The van der Waals surface area contributed by atoms with Gasteiger partial charge >= 0.3 is 0 Å². The predicted octanol–water partition coefficient (Wildman–Crippen LogP) is 3.92. The highest BCUT2D eigenvalue weighted by Crippen LogP contribution is 2.41. The van der Waals surface area contributed by atoms with Crippen molar-refractivity contribution in [2.75, 3.05) is 18.5 Å². The number of nitrogens with one attached hydrogen (secondary N) is 1. The number of rotatable bonds is 2. The Balaban J connectivity index is 1.66. The number of nitrogens with zero attached hydrogens (tertiary/aromatic N) is 2. The third-order valence-corrected chi connectivity index (χ3v) is 5.23. The van der Waals surface area contributed by atoms with Crippen LogP contribution in [0.5, 0.6) is 0 Å². The zero-order valence-corrected chi connectivity index (χ0v) is 14.2. The van der Waals surface area contributed by atoms with Crippen molar-refractivity contribution in [1.29, 1.82) is 5.26 Å². The van der Waals surface area contributed by atoms with Gasteiger partial charge in [-0.15, -0.1) is 0 Å². The molecule has 0 amide bonds. The number of fused-ring (bicyclic) bond motifs is 1. The fraction of sp³-hybridized carbons (Fsp3) is 0.333. The molecule has 1 spiro atoms. The average Bonchev–Trinajstić information content (AvgIpc) is 2.67. The van der Waals surface area contributed by atoms with Gasteiger partial charge in [-0.1, -0.05) is 30.3 Å². The van der Waals surface area contributed by atoms with Crippen LogP contribution in [0.15, 0.2) is 53.5 Å². The highest BCUT2D eigenvalue weighted by molar-refractivity contribution is 6.02. The van der Waals surface area contributed by atoms with E-state index in [1.54, 1.807) is 0 Å². The van der Waals surface area contributed by atoms with Gasteiger partial charge in [0.1, 0.15) is 5.84 Å². The molecule has 0 aromatic heterocycles. The smallest absolute Gasteiger partial charge is 0.108 e. The summed E-state index contributed by atoms with van der Waals surface area (Å²) in [5, 5.41) is 12.7. The fourth-order valence-electron chi connectivity index (χ4n) is 3.80. The third-order valence-electron chi connectivity index (χ3n) is 5.23. The van der Waals surface area contributed by atoms with Crippen molar-refractivity contribution in [2.24, 2.45) is 10.4 Å². The lowest BCUT2D eigenvalue weighted by Gasteiger charge is -2.42. The summed E-state index contributed by atoms with van der Waals surface area (Å²) < 4.78 is 5.61. The Bertz CT molecular complexity index is 844. The van der Waals surface area contributed by atoms with Crippen LogP contribution < -0.4 is 5.32 Å². The molecule has 0 unspecified atom stereocenters. The van der Waals surface area contributed by atoms with Crippen LogP contribution in [0.1, 0.15) is 29.5 Å². The predicted molar refractivity (Wildman–Crippen MR) is 98.6 cm³/mol. The van der Waals surface area contributed by atoms with Crippen molar-refractivity contribution in [3.63, 3.8) is 0 Å². The summed E-state index contributed by atoms with van der Waals surface area (Å²) in [5.41, 5.74) is 4.30. The van der Waals surface area contributed by atoms with Gasteiger partial charge < -0.3 is 10.1 Å². The van der Waals surface area contributed by atoms with Crippen LogP contribution in [0.2, 0.25) is 0 Å². The number of amidine groups is 1. The lowest BCUT2D eigenvalue weighted by Crippen LogP contribution is -2.45. The normalized spacial score (nSPS) is 19.9. The molecule has 2 aliphatic heterocycles. The van der Waals surface area contributed by atoms with E-state index in [4.69, 9.17) is 15.0 Å². The molecule has 4 heteroatoms. The molecule has 0 bridgehead atoms. The molecular formula is C21H21N3O. The standard InChI is InChI=1S/C21H21N3O/c22-14-16-4-3-5-17(12-16)15-23-20-21(8-10-25-11-9-21)13-18-6-1-2-7-19(18)24-20/h1-7,12H,8-11,13,15H2,(H,23,24). The minimum atomic E-state index is 0.0411. The molecule has 2 aliphatic rings. The van der Waals surface area contributed by atoms with Gasteiger partial charge in [-0.25, -0.2) is 0 Å². The van der Waals surface area contributed by atoms with Crippen molar-refractivity contribution in [3.05, 3.63) is 65.2 Å². The van der Waals surface area contributed by atoms with Crippen LogP contribution in [0.3, 0.4) is 0 Å². The van der Waals surface area contributed by atoms with Gasteiger partial charge in [0.05, 0.1) is 18.2 Å². The Kier molecular flexibility index (Phi) is 4.25. The quantitative estimate of drug-likeness (QED) is 0.907. The van der Waals surface area contributed by atoms with Crippen LogP contribution in [-0.2, 0) is 17.7 Å². The van der Waals surface area contributed by atoms with Crippen LogP contribution in [0.4, 0.5) is 5.69 Å². The zero-order chi connectivity index (χ0) is 17.1. The van der Waals surface area contributed by atoms with Crippen molar-refractivity contribution >= 4 is 11.5 Å². The second-order valence-electron chi connectivity index (χ2n) is 6.83. The number of benzene rings is 2. The molecule has 0 aliphatic carbocycles. The highest BCUT2D eigenvalue weighted by Gasteiger charge is 2.41. The van der Waals surface area contributed by atoms with E-state index in [1.807, 2.05) is 24.3 Å². The van der Waals surface area contributed by atoms with Crippen LogP contribution >= 0.6 is 0 Å². The monoisotopic (exact) mass is 331 g/mol. The lowest BCUT2D eigenvalue weighted by atomic mass is 9.71. The SMILES string of the molecule is N#Cc1cccc(CN=C2Nc3ccccc3CC23CCOCC3)c1. The summed E-state index contributed by atoms with van der Waals surface area (Å²) >= 11 is 0. The second kappa shape index (κ2) is 6.70. The average molecular weight is 331 g/mol. The van der Waals surface area contributed by atoms with Gasteiger partial charge in [0.15, 0.2) is 0 Å². The van der Waals surface area contributed by atoms with E-state index in [-0.39, 0.29) is 5.41 Å². The first kappa shape index (κ1) is 15.9. The minimum absolute atomic E-state index is 0.0411. The van der Waals surface area contributed by atoms with Crippen molar-refractivity contribution < 1.29 is 4.74 Å². The molecule has 0 atom stereocenters. The number of anilines is 1. The number of nitriles is 1. The third kappa shape index (κ3) is 3.16. The first-order valence-corrected chi connectivity index (χ1v) is 8.76. The zero-order valence-electron chi connectivity index (χ0n) is 14.2. The van der Waals surface area contributed by atoms with Gasteiger partial charge in [0, 0.05) is 24.3 Å². The molecule has 0 radical (unpaired) electrons. The maximum absolute atomic E-state index is 9.07. The van der Waals surface area contributed by atoms with Crippen molar-refractivity contribution in [1.82, 2.24) is 0 Å². The minimum Gasteiger partial charge on any atom is -0.381 e. The van der Waals surface area contributed by atoms with Gasteiger partial charge in [0.2, 0.25) is 0 Å². The molecule has 2 heterocycles. The number of para-hydroxylation sites is 1. The molecule has 4 rings (SSSR count). The summed E-state index contributed by atoms with van der Waals surface area (Å²) in [7, 11) is 0. The number of ether oxygens (including phenoxy) is 1. The van der Waals surface area contributed by atoms with E-state index >= 15 is 0 Å². The van der Waals surface area contributed by atoms with Gasteiger partial charge in [-0.3, -0.25) is 4.99 Å². The number of aliphatic imine (C=N–C) groups is 1. The maximum atomic E-state index is 9.07. The molecule has 1 saturated heterocycles. The Hall–Kier alpha value is -2.64. The van der Waals surface area contributed by atoms with Crippen molar-refractivity contribution in [2.45, 2.75) is 25.8 Å². The van der Waals surface area contributed by atoms with Crippen molar-refractivity contribution in [3.8, 4) is 6.07 Å². The molecule has 2 aromatic carbocycles. The Morgan fingerprint density at radius 1 is 1.12 bits per heavy atom. The molecule has 25 heavy (non-hydrogen) atoms. The summed E-state index contributed by atoms with van der Waals surface area (Å²) in [4.78, 5) is 4.95. The Morgan fingerprint density at radius 3 is 2.80 bits per heavy atom. The molecule has 2 aromatic rings. The first-order valence-electron chi connectivity index (χ1n) is 8.76. The summed E-state index contributed by atoms with van der Waals surface area (Å²) in [6, 6.07) is 18.4. The van der Waals surface area contributed by atoms with E-state index in [0.29, 0.717) is 12.1 Å². The fourth-order valence-corrected chi connectivity index (χ4v) is 3.80. The van der Waals surface area contributed by atoms with E-state index < -0.39 is 0 Å². The number of hydrogen-bond acceptors (Lipinski definition) is 3. The van der Waals surface area contributed by atoms with Gasteiger partial charge in [0.25, 0.3) is 0 Å². The number of hydrogen-bond donors (Lipinski definition) is 1. The van der Waals surface area contributed by atoms with Crippen LogP contribution in [0, 0.1) is 16.7 Å².